The van der Waals surface area contributed by atoms with Crippen LogP contribution in [0.3, 0.4) is 0 Å². The predicted octanol–water partition coefficient (Wildman–Crippen LogP) is 2.92. The van der Waals surface area contributed by atoms with Crippen molar-refractivity contribution in [3.8, 4) is 5.75 Å². The number of rotatable bonds is 7. The van der Waals surface area contributed by atoms with Gasteiger partial charge in [0.25, 0.3) is 17.7 Å². The van der Waals surface area contributed by atoms with Gasteiger partial charge in [-0.2, -0.15) is 0 Å². The molecule has 37 heavy (non-hydrogen) atoms. The van der Waals surface area contributed by atoms with Gasteiger partial charge in [0.2, 0.25) is 15.2 Å². The van der Waals surface area contributed by atoms with E-state index in [9.17, 15) is 22.8 Å². The third kappa shape index (κ3) is 5.95. The smallest absolute Gasteiger partial charge is 0.262 e. The van der Waals surface area contributed by atoms with Crippen molar-refractivity contribution < 1.29 is 27.5 Å². The molecule has 1 aromatic heterocycles. The number of amides is 3. The lowest BCUT2D eigenvalue weighted by molar-refractivity contribution is -0.132. The highest BCUT2D eigenvalue weighted by Gasteiger charge is 2.39. The maximum absolute atomic E-state index is 13.5. The van der Waals surface area contributed by atoms with E-state index in [1.807, 2.05) is 0 Å². The van der Waals surface area contributed by atoms with Crippen LogP contribution in [0.4, 0.5) is 0 Å². The third-order valence-corrected chi connectivity index (χ3v) is 8.87. The Hall–Kier alpha value is -3.41. The average Bonchev–Trinajstić information content (AvgIpc) is 3.46. The first kappa shape index (κ1) is 26.6. The zero-order chi connectivity index (χ0) is 26.6. The molecule has 1 aliphatic rings. The molecule has 1 unspecified atom stereocenters. The van der Waals surface area contributed by atoms with E-state index in [4.69, 9.17) is 16.3 Å². The van der Waals surface area contributed by atoms with Crippen LogP contribution in [0.5, 0.6) is 5.75 Å². The van der Waals surface area contributed by atoms with Crippen molar-refractivity contribution in [2.75, 3.05) is 33.3 Å². The summed E-state index contributed by atoms with van der Waals surface area (Å²) in [5.41, 5.74) is 0.450. The molecule has 4 rings (SSSR count). The molecule has 0 bridgehead atoms. The van der Waals surface area contributed by atoms with Crippen LogP contribution < -0.4 is 10.1 Å². The lowest BCUT2D eigenvalue weighted by Gasteiger charge is -2.36. The van der Waals surface area contributed by atoms with Gasteiger partial charge in [-0.3, -0.25) is 14.4 Å². The minimum atomic E-state index is -4.30. The maximum Gasteiger partial charge on any atom is 0.262 e. The van der Waals surface area contributed by atoms with Crippen LogP contribution in [0.2, 0.25) is 5.02 Å². The predicted molar refractivity (Wildman–Crippen MR) is 140 cm³/mol. The minimum absolute atomic E-state index is 0.107. The Balaban J connectivity index is 1.52. The molecule has 0 spiro atoms. The number of thiophene rings is 1. The molecule has 0 aliphatic carbocycles. The second kappa shape index (κ2) is 11.3. The molecule has 1 saturated heterocycles. The maximum atomic E-state index is 13.5. The molecule has 3 aromatic rings. The summed E-state index contributed by atoms with van der Waals surface area (Å²) in [5, 5.41) is 2.58. The Labute approximate surface area is 223 Å². The standard InChI is InChI=1S/C25H24ClN3O6S2/c1-35-19-5-2-4-17(16-19)24(31)28-11-13-29(14-12-28)25(32)23(27-22(30)21-6-3-15-36-21)37(33,34)20-9-7-18(26)8-10-20/h2-10,15-16,23H,11-14H2,1H3,(H,27,30). The molecule has 1 N–H and O–H groups in total. The largest absolute Gasteiger partial charge is 0.497 e. The van der Waals surface area contributed by atoms with Crippen molar-refractivity contribution in [3.63, 3.8) is 0 Å². The molecule has 2 heterocycles. The normalized spacial score (nSPS) is 14.6. The van der Waals surface area contributed by atoms with Gasteiger partial charge in [0, 0.05) is 36.8 Å². The van der Waals surface area contributed by atoms with E-state index in [2.05, 4.69) is 5.32 Å². The highest BCUT2D eigenvalue weighted by atomic mass is 35.5. The fourth-order valence-corrected chi connectivity index (χ4v) is 6.08. The van der Waals surface area contributed by atoms with Crippen molar-refractivity contribution in [2.45, 2.75) is 10.3 Å². The highest BCUT2D eigenvalue weighted by Crippen LogP contribution is 2.22. The van der Waals surface area contributed by atoms with E-state index in [0.29, 0.717) is 16.3 Å². The summed E-state index contributed by atoms with van der Waals surface area (Å²) in [6.07, 6.45) is 0. The number of piperazine rings is 1. The molecular formula is C25H24ClN3O6S2. The summed E-state index contributed by atoms with van der Waals surface area (Å²) < 4.78 is 32.1. The quantitative estimate of drug-likeness (QED) is 0.474. The van der Waals surface area contributed by atoms with Gasteiger partial charge >= 0.3 is 0 Å². The minimum Gasteiger partial charge on any atom is -0.497 e. The molecule has 0 saturated carbocycles. The second-order valence-electron chi connectivity index (χ2n) is 8.18. The molecule has 3 amide bonds. The highest BCUT2D eigenvalue weighted by molar-refractivity contribution is 7.92. The first-order valence-corrected chi connectivity index (χ1v) is 14.1. The third-order valence-electron chi connectivity index (χ3n) is 5.88. The van der Waals surface area contributed by atoms with Gasteiger partial charge in [0.1, 0.15) is 5.75 Å². The van der Waals surface area contributed by atoms with Crippen LogP contribution in [0, 0.1) is 0 Å². The molecule has 1 atom stereocenters. The zero-order valence-corrected chi connectivity index (χ0v) is 22.2. The van der Waals surface area contributed by atoms with Gasteiger partial charge in [0.05, 0.1) is 16.9 Å². The van der Waals surface area contributed by atoms with E-state index in [1.54, 1.807) is 46.7 Å². The van der Waals surface area contributed by atoms with Crippen LogP contribution in [-0.2, 0) is 14.6 Å². The number of hydrogen-bond acceptors (Lipinski definition) is 7. The first-order valence-electron chi connectivity index (χ1n) is 11.3. The molecule has 194 valence electrons. The number of nitrogens with zero attached hydrogens (tertiary/aromatic N) is 2. The lowest BCUT2D eigenvalue weighted by atomic mass is 10.1. The fourth-order valence-electron chi connectivity index (χ4n) is 3.86. The zero-order valence-electron chi connectivity index (χ0n) is 19.8. The average molecular weight is 562 g/mol. The first-order chi connectivity index (χ1) is 17.7. The van der Waals surface area contributed by atoms with Crippen molar-refractivity contribution in [3.05, 3.63) is 81.5 Å². The molecule has 1 fully saturated rings. The molecule has 2 aromatic carbocycles. The molecule has 0 radical (unpaired) electrons. The Kier molecular flexibility index (Phi) is 8.16. The molecule has 9 nitrogen and oxygen atoms in total. The number of benzene rings is 2. The van der Waals surface area contributed by atoms with Gasteiger partial charge in [-0.1, -0.05) is 23.7 Å². The van der Waals surface area contributed by atoms with Crippen LogP contribution in [0.15, 0.2) is 70.9 Å². The van der Waals surface area contributed by atoms with E-state index >= 15 is 0 Å². The number of nitrogens with one attached hydrogen (secondary N) is 1. The summed E-state index contributed by atoms with van der Waals surface area (Å²) in [7, 11) is -2.79. The van der Waals surface area contributed by atoms with E-state index in [1.165, 1.54) is 36.3 Å². The molecular weight excluding hydrogens is 538 g/mol. The van der Waals surface area contributed by atoms with Gasteiger partial charge in [-0.15, -0.1) is 11.3 Å². The fraction of sp³-hybridized carbons (Fsp3) is 0.240. The van der Waals surface area contributed by atoms with Crippen LogP contribution in [0.1, 0.15) is 20.0 Å². The lowest BCUT2D eigenvalue weighted by Crippen LogP contribution is -2.57. The Bertz CT molecular complexity index is 1390. The Morgan fingerprint density at radius 2 is 1.65 bits per heavy atom. The monoisotopic (exact) mass is 561 g/mol. The van der Waals surface area contributed by atoms with Gasteiger partial charge < -0.3 is 19.9 Å². The number of halogens is 1. The summed E-state index contributed by atoms with van der Waals surface area (Å²) in [6, 6.07) is 15.3. The van der Waals surface area contributed by atoms with Crippen molar-refractivity contribution in [1.29, 1.82) is 0 Å². The van der Waals surface area contributed by atoms with Crippen LogP contribution >= 0.6 is 22.9 Å². The van der Waals surface area contributed by atoms with Gasteiger partial charge in [-0.05, 0) is 53.9 Å². The van der Waals surface area contributed by atoms with Crippen molar-refractivity contribution >= 4 is 50.5 Å². The SMILES string of the molecule is COc1cccc(C(=O)N2CCN(C(=O)C(NC(=O)c3cccs3)S(=O)(=O)c3ccc(Cl)cc3)CC2)c1. The van der Waals surface area contributed by atoms with Gasteiger partial charge in [0.15, 0.2) is 0 Å². The summed E-state index contributed by atoms with van der Waals surface area (Å²) in [5.74, 6) is -1.11. The van der Waals surface area contributed by atoms with E-state index in [-0.39, 0.29) is 41.9 Å². The number of carbonyl (C=O) groups excluding carboxylic acids is 3. The molecule has 12 heteroatoms. The summed E-state index contributed by atoms with van der Waals surface area (Å²) in [4.78, 5) is 42.3. The van der Waals surface area contributed by atoms with Crippen molar-refractivity contribution in [2.24, 2.45) is 0 Å². The summed E-state index contributed by atoms with van der Waals surface area (Å²) >= 11 is 7.03. The number of carbonyl (C=O) groups is 3. The van der Waals surface area contributed by atoms with Crippen LogP contribution in [0.25, 0.3) is 0 Å². The van der Waals surface area contributed by atoms with E-state index in [0.717, 1.165) is 11.3 Å². The number of ether oxygens (including phenoxy) is 1. The second-order valence-corrected chi connectivity index (χ2v) is 11.6. The number of methoxy groups -OCH3 is 1. The Morgan fingerprint density at radius 1 is 0.973 bits per heavy atom. The van der Waals surface area contributed by atoms with Crippen LogP contribution in [-0.4, -0.2) is 74.6 Å². The van der Waals surface area contributed by atoms with E-state index < -0.39 is 27.0 Å². The van der Waals surface area contributed by atoms with Crippen molar-refractivity contribution in [1.82, 2.24) is 15.1 Å². The number of sulfone groups is 1. The van der Waals surface area contributed by atoms with Gasteiger partial charge in [-0.25, -0.2) is 8.42 Å². The topological polar surface area (TPSA) is 113 Å². The Morgan fingerprint density at radius 3 is 2.27 bits per heavy atom. The number of hydrogen-bond donors (Lipinski definition) is 1. The summed E-state index contributed by atoms with van der Waals surface area (Å²) in [6.45, 7) is 0.620. The molecule has 1 aliphatic heterocycles.